The second-order valence-electron chi connectivity index (χ2n) is 4.16. The van der Waals surface area contributed by atoms with Crippen molar-refractivity contribution >= 4 is 16.7 Å². The van der Waals surface area contributed by atoms with Crippen molar-refractivity contribution in [2.75, 3.05) is 25.5 Å². The van der Waals surface area contributed by atoms with E-state index in [9.17, 15) is 0 Å². The first-order chi connectivity index (χ1) is 7.13. The van der Waals surface area contributed by atoms with E-state index in [1.54, 1.807) is 0 Å². The molecule has 0 aliphatic rings. The highest BCUT2D eigenvalue weighted by molar-refractivity contribution is 7.09. The molecule has 1 heterocycles. The van der Waals surface area contributed by atoms with Gasteiger partial charge >= 0.3 is 0 Å². The molecule has 4 nitrogen and oxygen atoms in total. The number of hydrogen-bond acceptors (Lipinski definition) is 5. The SMILES string of the molecule is CNCC(C)CNc1nc(C(C)C)ns1. The first-order valence-electron chi connectivity index (χ1n) is 5.35. The van der Waals surface area contributed by atoms with E-state index >= 15 is 0 Å². The molecule has 1 aromatic rings. The highest BCUT2D eigenvalue weighted by Gasteiger charge is 2.08. The summed E-state index contributed by atoms with van der Waals surface area (Å²) < 4.78 is 4.29. The van der Waals surface area contributed by atoms with Crippen LogP contribution in [0.1, 0.15) is 32.5 Å². The smallest absolute Gasteiger partial charge is 0.202 e. The van der Waals surface area contributed by atoms with Crippen molar-refractivity contribution in [3.8, 4) is 0 Å². The maximum Gasteiger partial charge on any atom is 0.202 e. The number of anilines is 1. The highest BCUT2D eigenvalue weighted by Crippen LogP contribution is 2.17. The third-order valence-electron chi connectivity index (χ3n) is 2.11. The van der Waals surface area contributed by atoms with Gasteiger partial charge in [0.05, 0.1) is 0 Å². The summed E-state index contributed by atoms with van der Waals surface area (Å²) in [6.45, 7) is 8.37. The van der Waals surface area contributed by atoms with Crippen LogP contribution in [0.5, 0.6) is 0 Å². The van der Waals surface area contributed by atoms with Gasteiger partial charge in [-0.1, -0.05) is 20.8 Å². The molecule has 2 N–H and O–H groups in total. The van der Waals surface area contributed by atoms with Crippen LogP contribution in [0.2, 0.25) is 0 Å². The van der Waals surface area contributed by atoms with Gasteiger partial charge in [-0.25, -0.2) is 4.98 Å². The van der Waals surface area contributed by atoms with Crippen LogP contribution in [-0.2, 0) is 0 Å². The van der Waals surface area contributed by atoms with Crippen LogP contribution in [-0.4, -0.2) is 29.5 Å². The summed E-state index contributed by atoms with van der Waals surface area (Å²) in [5.74, 6) is 1.94. The zero-order valence-corrected chi connectivity index (χ0v) is 10.7. The van der Waals surface area contributed by atoms with Crippen molar-refractivity contribution < 1.29 is 0 Å². The molecule has 0 amide bonds. The van der Waals surface area contributed by atoms with Crippen molar-refractivity contribution in [3.05, 3.63) is 5.82 Å². The van der Waals surface area contributed by atoms with Gasteiger partial charge in [0, 0.05) is 24.0 Å². The second kappa shape index (κ2) is 6.02. The van der Waals surface area contributed by atoms with Crippen molar-refractivity contribution in [2.24, 2.45) is 5.92 Å². The normalized spacial score (nSPS) is 13.1. The van der Waals surface area contributed by atoms with Gasteiger partial charge in [0.2, 0.25) is 5.13 Å². The van der Waals surface area contributed by atoms with E-state index in [1.807, 2.05) is 7.05 Å². The number of nitrogens with zero attached hydrogens (tertiary/aromatic N) is 2. The van der Waals surface area contributed by atoms with Gasteiger partial charge in [0.1, 0.15) is 5.82 Å². The maximum absolute atomic E-state index is 4.42. The maximum atomic E-state index is 4.42. The minimum atomic E-state index is 0.409. The second-order valence-corrected chi connectivity index (χ2v) is 4.91. The lowest BCUT2D eigenvalue weighted by atomic mass is 10.2. The van der Waals surface area contributed by atoms with Crippen molar-refractivity contribution in [1.82, 2.24) is 14.7 Å². The van der Waals surface area contributed by atoms with Gasteiger partial charge in [-0.15, -0.1) is 0 Å². The third-order valence-corrected chi connectivity index (χ3v) is 2.80. The number of hydrogen-bond donors (Lipinski definition) is 2. The molecule has 1 unspecified atom stereocenters. The molecule has 1 rings (SSSR count). The molecule has 0 aliphatic heterocycles. The molecule has 1 atom stereocenters. The molecule has 0 radical (unpaired) electrons. The van der Waals surface area contributed by atoms with Crippen LogP contribution in [0.25, 0.3) is 0 Å². The third kappa shape index (κ3) is 4.13. The predicted octanol–water partition coefficient (Wildman–Crippen LogP) is 1.93. The van der Waals surface area contributed by atoms with E-state index in [0.717, 1.165) is 24.0 Å². The van der Waals surface area contributed by atoms with E-state index in [1.165, 1.54) is 11.5 Å². The van der Waals surface area contributed by atoms with E-state index in [-0.39, 0.29) is 0 Å². The molecule has 0 fully saturated rings. The molecule has 0 aromatic carbocycles. The Kier molecular flexibility index (Phi) is 4.98. The first-order valence-corrected chi connectivity index (χ1v) is 6.13. The molecular weight excluding hydrogens is 208 g/mol. The van der Waals surface area contributed by atoms with E-state index in [2.05, 4.69) is 40.8 Å². The fourth-order valence-electron chi connectivity index (χ4n) is 1.22. The first kappa shape index (κ1) is 12.4. The number of rotatable bonds is 6. The van der Waals surface area contributed by atoms with Crippen LogP contribution in [0, 0.1) is 5.92 Å². The summed E-state index contributed by atoms with van der Waals surface area (Å²) in [5, 5.41) is 7.40. The molecule has 15 heavy (non-hydrogen) atoms. The Hall–Kier alpha value is -0.680. The summed E-state index contributed by atoms with van der Waals surface area (Å²) in [7, 11) is 1.97. The fraction of sp³-hybridized carbons (Fsp3) is 0.800. The number of aromatic nitrogens is 2. The molecule has 0 spiro atoms. The monoisotopic (exact) mass is 228 g/mol. The van der Waals surface area contributed by atoms with Crippen LogP contribution >= 0.6 is 11.5 Å². The average Bonchev–Trinajstić information content (AvgIpc) is 2.63. The molecule has 1 aromatic heterocycles. The van der Waals surface area contributed by atoms with Crippen molar-refractivity contribution in [2.45, 2.75) is 26.7 Å². The van der Waals surface area contributed by atoms with Gasteiger partial charge < -0.3 is 10.6 Å². The average molecular weight is 228 g/mol. The largest absolute Gasteiger partial charge is 0.360 e. The molecule has 0 aliphatic carbocycles. The quantitative estimate of drug-likeness (QED) is 0.781. The van der Waals surface area contributed by atoms with E-state index in [0.29, 0.717) is 11.8 Å². The zero-order valence-electron chi connectivity index (χ0n) is 9.87. The molecule has 0 bridgehead atoms. The topological polar surface area (TPSA) is 49.8 Å². The Morgan fingerprint density at radius 2 is 2.00 bits per heavy atom. The molecule has 5 heteroatoms. The Balaban J connectivity index is 2.37. The van der Waals surface area contributed by atoms with E-state index in [4.69, 9.17) is 0 Å². The summed E-state index contributed by atoms with van der Waals surface area (Å²) in [5.41, 5.74) is 0. The zero-order chi connectivity index (χ0) is 11.3. The van der Waals surface area contributed by atoms with Crippen molar-refractivity contribution in [1.29, 1.82) is 0 Å². The van der Waals surface area contributed by atoms with Crippen LogP contribution < -0.4 is 10.6 Å². The van der Waals surface area contributed by atoms with Crippen LogP contribution in [0.15, 0.2) is 0 Å². The molecular formula is C10H20N4S. The Morgan fingerprint density at radius 1 is 1.27 bits per heavy atom. The van der Waals surface area contributed by atoms with Crippen molar-refractivity contribution in [3.63, 3.8) is 0 Å². The standard InChI is InChI=1S/C10H20N4S/c1-7(2)9-13-10(15-14-9)12-6-8(3)5-11-4/h7-8,11H,5-6H2,1-4H3,(H,12,13,14). The minimum Gasteiger partial charge on any atom is -0.360 e. The lowest BCUT2D eigenvalue weighted by Crippen LogP contribution is -2.22. The minimum absolute atomic E-state index is 0.409. The summed E-state index contributed by atoms with van der Waals surface area (Å²) in [6, 6.07) is 0. The lowest BCUT2D eigenvalue weighted by Gasteiger charge is -2.10. The van der Waals surface area contributed by atoms with Gasteiger partial charge in [0.25, 0.3) is 0 Å². The Labute approximate surface area is 95.7 Å². The Morgan fingerprint density at radius 3 is 2.53 bits per heavy atom. The fourth-order valence-corrected chi connectivity index (χ4v) is 1.94. The van der Waals surface area contributed by atoms with Gasteiger partial charge in [0.15, 0.2) is 0 Å². The predicted molar refractivity (Wildman–Crippen MR) is 65.6 cm³/mol. The summed E-state index contributed by atoms with van der Waals surface area (Å²) >= 11 is 1.45. The summed E-state index contributed by atoms with van der Waals surface area (Å²) in [6.07, 6.45) is 0. The van der Waals surface area contributed by atoms with Gasteiger partial charge in [-0.3, -0.25) is 0 Å². The lowest BCUT2D eigenvalue weighted by molar-refractivity contribution is 0.569. The van der Waals surface area contributed by atoms with Crippen LogP contribution in [0.3, 0.4) is 0 Å². The van der Waals surface area contributed by atoms with Gasteiger partial charge in [-0.2, -0.15) is 4.37 Å². The van der Waals surface area contributed by atoms with E-state index < -0.39 is 0 Å². The number of nitrogens with one attached hydrogen (secondary N) is 2. The summed E-state index contributed by atoms with van der Waals surface area (Å²) in [4.78, 5) is 4.42. The molecule has 0 saturated carbocycles. The molecule has 0 saturated heterocycles. The highest BCUT2D eigenvalue weighted by atomic mass is 32.1. The Bertz CT molecular complexity index is 285. The molecule has 86 valence electrons. The van der Waals surface area contributed by atoms with Gasteiger partial charge in [-0.05, 0) is 19.5 Å². The van der Waals surface area contributed by atoms with Crippen LogP contribution in [0.4, 0.5) is 5.13 Å².